The fourth-order valence-electron chi connectivity index (χ4n) is 9.32. The van der Waals surface area contributed by atoms with E-state index in [2.05, 4.69) is 215 Å². The monoisotopic (exact) mass is 710 g/mol. The Morgan fingerprint density at radius 2 is 0.536 bits per heavy atom. The Bertz CT molecular complexity index is 3480. The molecule has 0 amide bonds. The summed E-state index contributed by atoms with van der Waals surface area (Å²) in [7, 11) is 0. The van der Waals surface area contributed by atoms with Crippen molar-refractivity contribution in [1.82, 2.24) is 9.13 Å². The molecule has 0 N–H and O–H groups in total. The molecule has 0 fully saturated rings. The molecular weight excluding hydrogens is 677 g/mol. The molecular formula is C54H34N2. The summed E-state index contributed by atoms with van der Waals surface area (Å²) in [6, 6.07) is 75.7. The van der Waals surface area contributed by atoms with Crippen molar-refractivity contribution in [2.24, 2.45) is 0 Å². The Kier molecular flexibility index (Phi) is 6.66. The largest absolute Gasteiger partial charge is 0.309 e. The molecule has 2 heteroatoms. The van der Waals surface area contributed by atoms with E-state index in [4.69, 9.17) is 0 Å². The zero-order valence-corrected chi connectivity index (χ0v) is 30.5. The summed E-state index contributed by atoms with van der Waals surface area (Å²) in [6.45, 7) is 0. The summed E-state index contributed by atoms with van der Waals surface area (Å²) in [6.07, 6.45) is 0. The first-order chi connectivity index (χ1) is 27.8. The quantitative estimate of drug-likeness (QED) is 0.161. The van der Waals surface area contributed by atoms with E-state index < -0.39 is 0 Å². The van der Waals surface area contributed by atoms with Crippen molar-refractivity contribution < 1.29 is 0 Å². The first-order valence-electron chi connectivity index (χ1n) is 19.3. The predicted molar refractivity (Wildman–Crippen MR) is 239 cm³/mol. The Balaban J connectivity index is 0.996. The van der Waals surface area contributed by atoms with Gasteiger partial charge in [-0.1, -0.05) is 152 Å². The number of hydrogen-bond acceptors (Lipinski definition) is 0. The Labute approximate surface area is 323 Å². The second kappa shape index (κ2) is 12.0. The number of hydrogen-bond donors (Lipinski definition) is 0. The maximum absolute atomic E-state index is 2.43. The minimum atomic E-state index is 1.15. The molecule has 0 bridgehead atoms. The summed E-state index contributed by atoms with van der Waals surface area (Å²) in [4.78, 5) is 0. The fraction of sp³-hybridized carbons (Fsp3) is 0. The molecule has 0 atom stereocenters. The highest BCUT2D eigenvalue weighted by Gasteiger charge is 2.16. The molecule has 260 valence electrons. The van der Waals surface area contributed by atoms with Gasteiger partial charge in [-0.2, -0.15) is 0 Å². The van der Waals surface area contributed by atoms with E-state index in [0.29, 0.717) is 0 Å². The van der Waals surface area contributed by atoms with E-state index in [1.807, 2.05) is 0 Å². The third-order valence-electron chi connectivity index (χ3n) is 11.9. The van der Waals surface area contributed by atoms with Crippen molar-refractivity contribution >= 4 is 75.9 Å². The van der Waals surface area contributed by atoms with Crippen LogP contribution >= 0.6 is 0 Å². The van der Waals surface area contributed by atoms with E-state index in [1.165, 1.54) is 104 Å². The highest BCUT2D eigenvalue weighted by atomic mass is 15.0. The van der Waals surface area contributed by atoms with Gasteiger partial charge in [0.1, 0.15) is 0 Å². The van der Waals surface area contributed by atoms with Crippen molar-refractivity contribution in [3.05, 3.63) is 206 Å². The summed E-state index contributed by atoms with van der Waals surface area (Å²) in [5, 5.41) is 12.8. The van der Waals surface area contributed by atoms with E-state index in [1.54, 1.807) is 0 Å². The van der Waals surface area contributed by atoms with Crippen LogP contribution in [0.3, 0.4) is 0 Å². The average Bonchev–Trinajstić information content (AvgIpc) is 3.79. The van der Waals surface area contributed by atoms with Crippen LogP contribution in [0.4, 0.5) is 0 Å². The Hall–Kier alpha value is -7.42. The molecule has 10 aromatic carbocycles. The van der Waals surface area contributed by atoms with Crippen LogP contribution in [-0.2, 0) is 0 Å². The van der Waals surface area contributed by atoms with E-state index in [0.717, 1.165) is 5.69 Å². The highest BCUT2D eigenvalue weighted by Crippen LogP contribution is 2.40. The van der Waals surface area contributed by atoms with Crippen LogP contribution in [0.25, 0.3) is 110 Å². The topological polar surface area (TPSA) is 9.86 Å². The molecule has 0 aliphatic carbocycles. The zero-order valence-electron chi connectivity index (χ0n) is 30.5. The highest BCUT2D eigenvalue weighted by molar-refractivity contribution is 6.26. The Morgan fingerprint density at radius 3 is 1.07 bits per heavy atom. The van der Waals surface area contributed by atoms with Crippen molar-refractivity contribution in [2.75, 3.05) is 0 Å². The first-order valence-corrected chi connectivity index (χ1v) is 19.3. The second-order valence-corrected chi connectivity index (χ2v) is 14.9. The lowest BCUT2D eigenvalue weighted by atomic mass is 9.92. The number of rotatable bonds is 4. The van der Waals surface area contributed by atoms with Crippen LogP contribution in [0.2, 0.25) is 0 Å². The summed E-state index contributed by atoms with van der Waals surface area (Å²) >= 11 is 0. The third-order valence-corrected chi connectivity index (χ3v) is 11.9. The normalized spacial score (nSPS) is 11.9. The molecule has 0 radical (unpaired) electrons. The van der Waals surface area contributed by atoms with Crippen LogP contribution < -0.4 is 0 Å². The maximum Gasteiger partial charge on any atom is 0.0547 e. The fourth-order valence-corrected chi connectivity index (χ4v) is 9.32. The molecule has 2 nitrogen and oxygen atoms in total. The minimum absolute atomic E-state index is 1.15. The van der Waals surface area contributed by atoms with Crippen molar-refractivity contribution in [1.29, 1.82) is 0 Å². The number of aromatic nitrogens is 2. The lowest BCUT2D eigenvalue weighted by molar-refractivity contribution is 1.18. The zero-order chi connectivity index (χ0) is 36.7. The number of fused-ring (bicyclic) bond motifs is 12. The van der Waals surface area contributed by atoms with Gasteiger partial charge < -0.3 is 9.13 Å². The van der Waals surface area contributed by atoms with Gasteiger partial charge in [-0.25, -0.2) is 0 Å². The van der Waals surface area contributed by atoms with Gasteiger partial charge in [0.25, 0.3) is 0 Å². The molecule has 2 heterocycles. The molecule has 0 aliphatic rings. The van der Waals surface area contributed by atoms with Gasteiger partial charge >= 0.3 is 0 Å². The molecule has 56 heavy (non-hydrogen) atoms. The maximum atomic E-state index is 2.43. The molecule has 12 rings (SSSR count). The van der Waals surface area contributed by atoms with Gasteiger partial charge in [-0.05, 0) is 109 Å². The summed E-state index contributed by atoms with van der Waals surface area (Å²) in [5.74, 6) is 0. The molecule has 0 unspecified atom stereocenters. The smallest absolute Gasteiger partial charge is 0.0547 e. The van der Waals surface area contributed by atoms with Crippen LogP contribution in [0.5, 0.6) is 0 Å². The van der Waals surface area contributed by atoms with Crippen molar-refractivity contribution in [3.63, 3.8) is 0 Å². The van der Waals surface area contributed by atoms with Gasteiger partial charge in [0, 0.05) is 32.9 Å². The lowest BCUT2D eigenvalue weighted by Gasteiger charge is -2.13. The van der Waals surface area contributed by atoms with Gasteiger partial charge in [0.05, 0.1) is 22.1 Å². The molecule has 12 aromatic rings. The lowest BCUT2D eigenvalue weighted by Crippen LogP contribution is -1.94. The number of para-hydroxylation sites is 3. The predicted octanol–water partition coefficient (Wildman–Crippen LogP) is 14.7. The third kappa shape index (κ3) is 4.57. The second-order valence-electron chi connectivity index (χ2n) is 14.9. The van der Waals surface area contributed by atoms with Crippen LogP contribution in [-0.4, -0.2) is 9.13 Å². The molecule has 0 saturated heterocycles. The standard InChI is InChI=1S/C54H34N2/c1-2-12-39(13-3-1)55-51-20-10-8-18-46(51)48-30-25-37(33-53(48)55)35-22-27-40(28-23-35)56-52-21-11-9-19-47(52)49-31-26-38(34-54(49)56)36-24-29-45-43-16-5-4-14-41(43)42-15-6-7-17-44(42)50(45)32-36/h1-34H. The van der Waals surface area contributed by atoms with Crippen LogP contribution in [0.1, 0.15) is 0 Å². The SMILES string of the molecule is c1ccc(-n2c3ccccc3c3ccc(-c4ccc(-n5c6ccccc6c6ccc(-c7ccc8c9ccccc9c9ccccc9c8c7)cc65)cc4)cc32)cc1. The van der Waals surface area contributed by atoms with Crippen LogP contribution in [0.15, 0.2) is 206 Å². The summed E-state index contributed by atoms with van der Waals surface area (Å²) in [5.41, 5.74) is 12.0. The average molecular weight is 711 g/mol. The molecule has 0 saturated carbocycles. The van der Waals surface area contributed by atoms with Gasteiger partial charge in [-0.3, -0.25) is 0 Å². The molecule has 2 aromatic heterocycles. The molecule has 0 spiro atoms. The van der Waals surface area contributed by atoms with Gasteiger partial charge in [0.2, 0.25) is 0 Å². The van der Waals surface area contributed by atoms with Gasteiger partial charge in [0.15, 0.2) is 0 Å². The van der Waals surface area contributed by atoms with Crippen molar-refractivity contribution in [3.8, 4) is 33.6 Å². The van der Waals surface area contributed by atoms with E-state index in [-0.39, 0.29) is 0 Å². The number of nitrogens with zero attached hydrogens (tertiary/aromatic N) is 2. The van der Waals surface area contributed by atoms with Gasteiger partial charge in [-0.15, -0.1) is 0 Å². The summed E-state index contributed by atoms with van der Waals surface area (Å²) < 4.78 is 4.82. The molecule has 0 aliphatic heterocycles. The van der Waals surface area contributed by atoms with E-state index in [9.17, 15) is 0 Å². The Morgan fingerprint density at radius 1 is 0.196 bits per heavy atom. The van der Waals surface area contributed by atoms with Crippen LogP contribution in [0, 0.1) is 0 Å². The van der Waals surface area contributed by atoms with Crippen molar-refractivity contribution in [2.45, 2.75) is 0 Å². The van der Waals surface area contributed by atoms with E-state index >= 15 is 0 Å². The minimum Gasteiger partial charge on any atom is -0.309 e. The first kappa shape index (κ1) is 31.0. The number of benzene rings is 10.